The number of rotatable bonds is 8. The monoisotopic (exact) mass is 345 g/mol. The van der Waals surface area contributed by atoms with E-state index in [-0.39, 0.29) is 12.6 Å². The molecule has 0 bridgehead atoms. The van der Waals surface area contributed by atoms with Crippen molar-refractivity contribution in [2.75, 3.05) is 31.6 Å². The Morgan fingerprint density at radius 2 is 1.92 bits per heavy atom. The van der Waals surface area contributed by atoms with Crippen LogP contribution in [-0.4, -0.2) is 37.8 Å². The van der Waals surface area contributed by atoms with Crippen molar-refractivity contribution in [2.45, 2.75) is 25.9 Å². The van der Waals surface area contributed by atoms with Crippen molar-refractivity contribution >= 4 is 11.7 Å². The third-order valence-electron chi connectivity index (χ3n) is 4.02. The van der Waals surface area contributed by atoms with Gasteiger partial charge >= 0.3 is 6.03 Å². The summed E-state index contributed by atoms with van der Waals surface area (Å²) in [5.74, 6) is 1.16. The van der Waals surface area contributed by atoms with Crippen molar-refractivity contribution in [3.05, 3.63) is 54.0 Å². The van der Waals surface area contributed by atoms with E-state index in [1.165, 1.54) is 0 Å². The molecule has 0 fully saturated rings. The Morgan fingerprint density at radius 3 is 2.56 bits per heavy atom. The SMILES string of the molecule is Cc1ccc(C(C)(O)CNC(=O)NCCCN(C)c2ccccc2)o1. The number of para-hydroxylation sites is 1. The van der Waals surface area contributed by atoms with Gasteiger partial charge in [0.15, 0.2) is 0 Å². The summed E-state index contributed by atoms with van der Waals surface area (Å²) in [7, 11) is 2.03. The van der Waals surface area contributed by atoms with Gasteiger partial charge in [-0.25, -0.2) is 4.79 Å². The van der Waals surface area contributed by atoms with E-state index < -0.39 is 5.60 Å². The van der Waals surface area contributed by atoms with Gasteiger partial charge in [-0.3, -0.25) is 0 Å². The highest BCUT2D eigenvalue weighted by molar-refractivity contribution is 5.73. The summed E-state index contributed by atoms with van der Waals surface area (Å²) < 4.78 is 5.42. The lowest BCUT2D eigenvalue weighted by Gasteiger charge is -2.22. The van der Waals surface area contributed by atoms with Gasteiger partial charge in [0.25, 0.3) is 0 Å². The van der Waals surface area contributed by atoms with E-state index in [1.807, 2.05) is 32.2 Å². The van der Waals surface area contributed by atoms with Crippen molar-refractivity contribution < 1.29 is 14.3 Å². The molecular formula is C19H27N3O3. The molecule has 0 aliphatic heterocycles. The van der Waals surface area contributed by atoms with E-state index in [9.17, 15) is 9.90 Å². The molecule has 1 heterocycles. The number of hydrogen-bond donors (Lipinski definition) is 3. The molecule has 2 rings (SSSR count). The molecular weight excluding hydrogens is 318 g/mol. The molecule has 1 aromatic heterocycles. The normalized spacial score (nSPS) is 13.1. The quantitative estimate of drug-likeness (QED) is 0.643. The van der Waals surface area contributed by atoms with E-state index >= 15 is 0 Å². The summed E-state index contributed by atoms with van der Waals surface area (Å²) in [6, 6.07) is 13.3. The molecule has 0 radical (unpaired) electrons. The number of anilines is 1. The van der Waals surface area contributed by atoms with Gasteiger partial charge in [0.05, 0.1) is 6.54 Å². The number of carbonyl (C=O) groups is 1. The first-order chi connectivity index (χ1) is 11.9. The number of amides is 2. The first-order valence-corrected chi connectivity index (χ1v) is 8.46. The molecule has 1 atom stereocenters. The number of aryl methyl sites for hydroxylation is 1. The van der Waals surface area contributed by atoms with Crippen LogP contribution in [0.1, 0.15) is 24.9 Å². The average molecular weight is 345 g/mol. The van der Waals surface area contributed by atoms with Crippen LogP contribution in [0.3, 0.4) is 0 Å². The maximum absolute atomic E-state index is 11.9. The fourth-order valence-electron chi connectivity index (χ4n) is 2.46. The molecule has 1 unspecified atom stereocenters. The lowest BCUT2D eigenvalue weighted by atomic mass is 10.0. The molecule has 6 heteroatoms. The van der Waals surface area contributed by atoms with Crippen LogP contribution in [0.4, 0.5) is 10.5 Å². The number of urea groups is 1. The van der Waals surface area contributed by atoms with Gasteiger partial charge in [0, 0.05) is 25.8 Å². The average Bonchev–Trinajstić information content (AvgIpc) is 3.05. The molecule has 6 nitrogen and oxygen atoms in total. The van der Waals surface area contributed by atoms with Crippen molar-refractivity contribution in [3.63, 3.8) is 0 Å². The largest absolute Gasteiger partial charge is 0.463 e. The van der Waals surface area contributed by atoms with Crippen molar-refractivity contribution in [3.8, 4) is 0 Å². The summed E-state index contributed by atoms with van der Waals surface area (Å²) >= 11 is 0. The van der Waals surface area contributed by atoms with Gasteiger partial charge in [-0.1, -0.05) is 18.2 Å². The summed E-state index contributed by atoms with van der Waals surface area (Å²) in [4.78, 5) is 14.0. The van der Waals surface area contributed by atoms with Crippen LogP contribution in [-0.2, 0) is 5.60 Å². The third kappa shape index (κ3) is 5.83. The third-order valence-corrected chi connectivity index (χ3v) is 4.02. The molecule has 25 heavy (non-hydrogen) atoms. The Kier molecular flexibility index (Phi) is 6.47. The zero-order valence-corrected chi connectivity index (χ0v) is 15.1. The summed E-state index contributed by atoms with van der Waals surface area (Å²) in [6.45, 7) is 4.90. The number of nitrogens with one attached hydrogen (secondary N) is 2. The van der Waals surface area contributed by atoms with Gasteiger partial charge in [0.1, 0.15) is 17.1 Å². The number of carbonyl (C=O) groups excluding carboxylic acids is 1. The number of aliphatic hydroxyl groups is 1. The summed E-state index contributed by atoms with van der Waals surface area (Å²) in [5.41, 5.74) is -0.0872. The highest BCUT2D eigenvalue weighted by Gasteiger charge is 2.27. The van der Waals surface area contributed by atoms with Crippen LogP contribution < -0.4 is 15.5 Å². The fraction of sp³-hybridized carbons (Fsp3) is 0.421. The van der Waals surface area contributed by atoms with Crippen LogP contribution >= 0.6 is 0 Å². The van der Waals surface area contributed by atoms with Gasteiger partial charge in [-0.05, 0) is 44.5 Å². The Labute approximate surface area is 148 Å². The van der Waals surface area contributed by atoms with Gasteiger partial charge < -0.3 is 25.1 Å². The van der Waals surface area contributed by atoms with E-state index in [2.05, 4.69) is 27.7 Å². The van der Waals surface area contributed by atoms with E-state index in [0.29, 0.717) is 12.3 Å². The Bertz CT molecular complexity index is 668. The second-order valence-corrected chi connectivity index (χ2v) is 6.40. The lowest BCUT2D eigenvalue weighted by Crippen LogP contribution is -2.43. The Hall–Kier alpha value is -2.47. The minimum atomic E-state index is -1.24. The van der Waals surface area contributed by atoms with Gasteiger partial charge in [-0.2, -0.15) is 0 Å². The molecule has 136 valence electrons. The van der Waals surface area contributed by atoms with E-state index in [4.69, 9.17) is 4.42 Å². The van der Waals surface area contributed by atoms with Crippen LogP contribution in [0.5, 0.6) is 0 Å². The first kappa shape index (κ1) is 18.9. The first-order valence-electron chi connectivity index (χ1n) is 8.46. The predicted molar refractivity (Wildman–Crippen MR) is 98.7 cm³/mol. The topological polar surface area (TPSA) is 77.7 Å². The number of benzene rings is 1. The maximum Gasteiger partial charge on any atom is 0.314 e. The number of furan rings is 1. The highest BCUT2D eigenvalue weighted by Crippen LogP contribution is 2.21. The molecule has 0 spiro atoms. The summed E-state index contributed by atoms with van der Waals surface area (Å²) in [6.07, 6.45) is 0.826. The molecule has 0 saturated heterocycles. The predicted octanol–water partition coefficient (Wildman–Crippen LogP) is 2.62. The molecule has 1 aromatic carbocycles. The minimum Gasteiger partial charge on any atom is -0.463 e. The Balaban J connectivity index is 1.65. The second-order valence-electron chi connectivity index (χ2n) is 6.40. The molecule has 0 aliphatic carbocycles. The second kappa shape index (κ2) is 8.58. The minimum absolute atomic E-state index is 0.0791. The number of nitrogens with zero attached hydrogens (tertiary/aromatic N) is 1. The lowest BCUT2D eigenvalue weighted by molar-refractivity contribution is 0.0360. The molecule has 0 aliphatic rings. The van der Waals surface area contributed by atoms with Crippen molar-refractivity contribution in [2.24, 2.45) is 0 Å². The van der Waals surface area contributed by atoms with Crippen molar-refractivity contribution in [1.29, 1.82) is 0 Å². The fourth-order valence-corrected chi connectivity index (χ4v) is 2.46. The molecule has 0 saturated carbocycles. The maximum atomic E-state index is 11.9. The van der Waals surface area contributed by atoms with Crippen LogP contribution in [0.15, 0.2) is 46.9 Å². The molecule has 2 aromatic rings. The Morgan fingerprint density at radius 1 is 1.20 bits per heavy atom. The molecule has 2 amide bonds. The van der Waals surface area contributed by atoms with E-state index in [0.717, 1.165) is 24.4 Å². The van der Waals surface area contributed by atoms with Gasteiger partial charge in [-0.15, -0.1) is 0 Å². The summed E-state index contributed by atoms with van der Waals surface area (Å²) in [5, 5.41) is 15.9. The van der Waals surface area contributed by atoms with E-state index in [1.54, 1.807) is 19.1 Å². The van der Waals surface area contributed by atoms with Gasteiger partial charge in [0.2, 0.25) is 0 Å². The standard InChI is InChI=1S/C19H27N3O3/c1-15-10-11-17(25-15)19(2,24)14-21-18(23)20-12-7-13-22(3)16-8-5-4-6-9-16/h4-6,8-11,24H,7,12-14H2,1-3H3,(H2,20,21,23). The zero-order valence-electron chi connectivity index (χ0n) is 15.1. The van der Waals surface area contributed by atoms with Crippen LogP contribution in [0.2, 0.25) is 0 Å². The zero-order chi connectivity index (χ0) is 18.3. The van der Waals surface area contributed by atoms with Crippen molar-refractivity contribution in [1.82, 2.24) is 10.6 Å². The van der Waals surface area contributed by atoms with Crippen LogP contribution in [0.25, 0.3) is 0 Å². The number of hydrogen-bond acceptors (Lipinski definition) is 4. The highest BCUT2D eigenvalue weighted by atomic mass is 16.4. The molecule has 3 N–H and O–H groups in total. The van der Waals surface area contributed by atoms with Crippen LogP contribution in [0, 0.1) is 6.92 Å². The smallest absolute Gasteiger partial charge is 0.314 e.